The molecule has 0 spiro atoms. The van der Waals surface area contributed by atoms with Gasteiger partial charge in [-0.25, -0.2) is 5.43 Å². The SMILES string of the molecule is COc1ccc(/C(C)=N\NC(=O)COc2ccccc2)cc1[N+](=O)[O-]. The largest absolute Gasteiger partial charge is 0.490 e. The van der Waals surface area contributed by atoms with Crippen molar-refractivity contribution in [2.45, 2.75) is 6.92 Å². The number of nitro benzene ring substituents is 1. The fraction of sp³-hybridized carbons (Fsp3) is 0.176. The Labute approximate surface area is 144 Å². The van der Waals surface area contributed by atoms with Crippen LogP contribution in [0.5, 0.6) is 11.5 Å². The van der Waals surface area contributed by atoms with Crippen molar-refractivity contribution < 1.29 is 19.2 Å². The van der Waals surface area contributed by atoms with Gasteiger partial charge in [0.05, 0.1) is 17.7 Å². The van der Waals surface area contributed by atoms with Gasteiger partial charge in [-0.15, -0.1) is 0 Å². The second kappa shape index (κ2) is 8.44. The van der Waals surface area contributed by atoms with Gasteiger partial charge in [0, 0.05) is 11.6 Å². The number of amides is 1. The predicted molar refractivity (Wildman–Crippen MR) is 91.9 cm³/mol. The summed E-state index contributed by atoms with van der Waals surface area (Å²) in [5.74, 6) is 0.289. The van der Waals surface area contributed by atoms with Crippen molar-refractivity contribution in [3.05, 3.63) is 64.2 Å². The van der Waals surface area contributed by atoms with Crippen LogP contribution in [0.25, 0.3) is 0 Å². The van der Waals surface area contributed by atoms with Crippen LogP contribution in [0, 0.1) is 10.1 Å². The highest BCUT2D eigenvalue weighted by Crippen LogP contribution is 2.27. The van der Waals surface area contributed by atoms with E-state index < -0.39 is 10.8 Å². The Morgan fingerprint density at radius 2 is 1.96 bits per heavy atom. The lowest BCUT2D eigenvalue weighted by molar-refractivity contribution is -0.385. The van der Waals surface area contributed by atoms with Crippen LogP contribution in [-0.4, -0.2) is 30.3 Å². The molecule has 0 atom stereocenters. The molecule has 130 valence electrons. The molecule has 0 heterocycles. The second-order valence-corrected chi connectivity index (χ2v) is 4.98. The lowest BCUT2D eigenvalue weighted by Crippen LogP contribution is -2.25. The van der Waals surface area contributed by atoms with Crippen molar-refractivity contribution in [3.63, 3.8) is 0 Å². The van der Waals surface area contributed by atoms with Gasteiger partial charge in [0.15, 0.2) is 12.4 Å². The number of benzene rings is 2. The molecule has 0 aliphatic heterocycles. The molecule has 0 saturated heterocycles. The Hall–Kier alpha value is -3.42. The number of rotatable bonds is 7. The summed E-state index contributed by atoms with van der Waals surface area (Å²) in [5.41, 5.74) is 3.09. The highest BCUT2D eigenvalue weighted by Gasteiger charge is 2.16. The summed E-state index contributed by atoms with van der Waals surface area (Å²) >= 11 is 0. The highest BCUT2D eigenvalue weighted by atomic mass is 16.6. The van der Waals surface area contributed by atoms with E-state index in [1.807, 2.05) is 6.07 Å². The Morgan fingerprint density at radius 1 is 1.24 bits per heavy atom. The number of carbonyl (C=O) groups excluding carboxylic acids is 1. The number of carbonyl (C=O) groups is 1. The maximum atomic E-state index is 11.8. The molecule has 2 aromatic carbocycles. The monoisotopic (exact) mass is 343 g/mol. The lowest BCUT2D eigenvalue weighted by Gasteiger charge is -2.06. The van der Waals surface area contributed by atoms with E-state index in [2.05, 4.69) is 10.5 Å². The van der Waals surface area contributed by atoms with Gasteiger partial charge in [0.2, 0.25) is 0 Å². The van der Waals surface area contributed by atoms with Crippen molar-refractivity contribution >= 4 is 17.3 Å². The van der Waals surface area contributed by atoms with Gasteiger partial charge in [0.25, 0.3) is 5.91 Å². The van der Waals surface area contributed by atoms with Gasteiger partial charge in [-0.1, -0.05) is 18.2 Å². The molecule has 8 heteroatoms. The average Bonchev–Trinajstić information content (AvgIpc) is 2.64. The molecule has 0 bridgehead atoms. The van der Waals surface area contributed by atoms with E-state index in [0.29, 0.717) is 17.0 Å². The Morgan fingerprint density at radius 3 is 2.60 bits per heavy atom. The Bertz CT molecular complexity index is 790. The maximum absolute atomic E-state index is 11.8. The molecule has 0 saturated carbocycles. The summed E-state index contributed by atoms with van der Waals surface area (Å²) in [6, 6.07) is 13.3. The summed E-state index contributed by atoms with van der Waals surface area (Å²) in [5, 5.41) is 15.0. The number of hydrazone groups is 1. The summed E-state index contributed by atoms with van der Waals surface area (Å²) in [4.78, 5) is 22.3. The maximum Gasteiger partial charge on any atom is 0.311 e. The van der Waals surface area contributed by atoms with Crippen molar-refractivity contribution in [1.29, 1.82) is 0 Å². The number of nitrogens with zero attached hydrogens (tertiary/aromatic N) is 2. The Balaban J connectivity index is 2.00. The molecule has 0 unspecified atom stereocenters. The van der Waals surface area contributed by atoms with Crippen molar-refractivity contribution in [3.8, 4) is 11.5 Å². The first kappa shape index (κ1) is 17.9. The number of para-hydroxylation sites is 1. The fourth-order valence-electron chi connectivity index (χ4n) is 1.97. The molecular weight excluding hydrogens is 326 g/mol. The van der Waals surface area contributed by atoms with Gasteiger partial charge in [0.1, 0.15) is 5.75 Å². The zero-order valence-electron chi connectivity index (χ0n) is 13.8. The van der Waals surface area contributed by atoms with E-state index in [-0.39, 0.29) is 18.0 Å². The number of hydrogen-bond acceptors (Lipinski definition) is 6. The number of methoxy groups -OCH3 is 1. The molecule has 0 aliphatic rings. The Kier molecular flexibility index (Phi) is 6.05. The summed E-state index contributed by atoms with van der Waals surface area (Å²) < 4.78 is 10.2. The third-order valence-corrected chi connectivity index (χ3v) is 3.25. The number of ether oxygens (including phenoxy) is 2. The van der Waals surface area contributed by atoms with E-state index >= 15 is 0 Å². The molecule has 0 radical (unpaired) electrons. The first-order chi connectivity index (χ1) is 12.0. The van der Waals surface area contributed by atoms with Crippen LogP contribution in [0.4, 0.5) is 5.69 Å². The number of nitro groups is 1. The average molecular weight is 343 g/mol. The quantitative estimate of drug-likeness (QED) is 0.473. The smallest absolute Gasteiger partial charge is 0.311 e. The second-order valence-electron chi connectivity index (χ2n) is 4.98. The third kappa shape index (κ3) is 5.03. The highest BCUT2D eigenvalue weighted by molar-refractivity contribution is 6.00. The molecular formula is C17H17N3O5. The normalized spacial score (nSPS) is 10.9. The van der Waals surface area contributed by atoms with E-state index in [1.54, 1.807) is 37.3 Å². The standard InChI is InChI=1S/C17H17N3O5/c1-12(13-8-9-16(24-2)15(10-13)20(22)23)18-19-17(21)11-25-14-6-4-3-5-7-14/h3-10H,11H2,1-2H3,(H,19,21)/b18-12-. The van der Waals surface area contributed by atoms with E-state index in [0.717, 1.165) is 0 Å². The zero-order valence-corrected chi connectivity index (χ0v) is 13.8. The van der Waals surface area contributed by atoms with Gasteiger partial charge in [-0.2, -0.15) is 5.10 Å². The number of hydrogen-bond donors (Lipinski definition) is 1. The third-order valence-electron chi connectivity index (χ3n) is 3.25. The van der Waals surface area contributed by atoms with Crippen LogP contribution < -0.4 is 14.9 Å². The van der Waals surface area contributed by atoms with Crippen LogP contribution >= 0.6 is 0 Å². The van der Waals surface area contributed by atoms with Crippen molar-refractivity contribution in [2.75, 3.05) is 13.7 Å². The molecule has 0 aliphatic carbocycles. The van der Waals surface area contributed by atoms with Gasteiger partial charge in [-0.3, -0.25) is 14.9 Å². The van der Waals surface area contributed by atoms with E-state index in [1.165, 1.54) is 19.2 Å². The van der Waals surface area contributed by atoms with Gasteiger partial charge < -0.3 is 9.47 Å². The van der Waals surface area contributed by atoms with Crippen molar-refractivity contribution in [1.82, 2.24) is 5.43 Å². The molecule has 1 N–H and O–H groups in total. The van der Waals surface area contributed by atoms with Gasteiger partial charge >= 0.3 is 5.69 Å². The molecule has 1 amide bonds. The van der Waals surface area contributed by atoms with Crippen molar-refractivity contribution in [2.24, 2.45) is 5.10 Å². The van der Waals surface area contributed by atoms with Crippen LogP contribution in [-0.2, 0) is 4.79 Å². The van der Waals surface area contributed by atoms with Gasteiger partial charge in [-0.05, 0) is 31.2 Å². The molecule has 0 aromatic heterocycles. The molecule has 2 aromatic rings. The number of nitrogens with one attached hydrogen (secondary N) is 1. The molecule has 8 nitrogen and oxygen atoms in total. The van der Waals surface area contributed by atoms with Crippen LogP contribution in [0.1, 0.15) is 12.5 Å². The topological polar surface area (TPSA) is 103 Å². The van der Waals surface area contributed by atoms with Crippen LogP contribution in [0.15, 0.2) is 53.6 Å². The summed E-state index contributed by atoms with van der Waals surface area (Å²) in [6.07, 6.45) is 0. The minimum atomic E-state index is -0.540. The lowest BCUT2D eigenvalue weighted by atomic mass is 10.1. The minimum absolute atomic E-state index is 0.154. The zero-order chi connectivity index (χ0) is 18.2. The summed E-state index contributed by atoms with van der Waals surface area (Å²) in [7, 11) is 1.36. The molecule has 0 fully saturated rings. The first-order valence-corrected chi connectivity index (χ1v) is 7.35. The van der Waals surface area contributed by atoms with Crippen LogP contribution in [0.2, 0.25) is 0 Å². The van der Waals surface area contributed by atoms with E-state index in [9.17, 15) is 14.9 Å². The van der Waals surface area contributed by atoms with Crippen LogP contribution in [0.3, 0.4) is 0 Å². The minimum Gasteiger partial charge on any atom is -0.490 e. The first-order valence-electron chi connectivity index (χ1n) is 7.35. The molecule has 2 rings (SSSR count). The van der Waals surface area contributed by atoms with E-state index in [4.69, 9.17) is 9.47 Å². The molecule has 25 heavy (non-hydrogen) atoms. The predicted octanol–water partition coefficient (Wildman–Crippen LogP) is 2.52. The summed E-state index contributed by atoms with van der Waals surface area (Å²) in [6.45, 7) is 1.44. The fourth-order valence-corrected chi connectivity index (χ4v) is 1.97.